The average molecular weight is 216 g/mol. The third-order valence-corrected chi connectivity index (χ3v) is 3.45. The number of nitrogens with zero attached hydrogens (tertiary/aromatic N) is 1. The Hall–Kier alpha value is -0.380. The van der Waals surface area contributed by atoms with Crippen molar-refractivity contribution in [1.82, 2.24) is 4.90 Å². The molecule has 2 heterocycles. The molecule has 1 aromatic rings. The van der Waals surface area contributed by atoms with Crippen LogP contribution in [0.25, 0.3) is 0 Å². The van der Waals surface area contributed by atoms with E-state index in [1.165, 1.54) is 0 Å². The van der Waals surface area contributed by atoms with Gasteiger partial charge in [-0.25, -0.2) is 0 Å². The summed E-state index contributed by atoms with van der Waals surface area (Å²) in [4.78, 5) is 13.1. The molecule has 0 aromatic carbocycles. The zero-order valence-corrected chi connectivity index (χ0v) is 8.70. The predicted octanol–water partition coefficient (Wildman–Crippen LogP) is 2.18. The lowest BCUT2D eigenvalue weighted by Crippen LogP contribution is -2.19. The molecule has 13 heavy (non-hydrogen) atoms. The van der Waals surface area contributed by atoms with Crippen molar-refractivity contribution in [3.63, 3.8) is 0 Å². The lowest BCUT2D eigenvalue weighted by Gasteiger charge is -2.12. The maximum absolute atomic E-state index is 11.0. The minimum atomic E-state index is 0.339. The van der Waals surface area contributed by atoms with E-state index in [1.54, 1.807) is 11.3 Å². The number of carbonyl (C=O) groups is 1. The third kappa shape index (κ3) is 2.10. The van der Waals surface area contributed by atoms with E-state index in [1.807, 2.05) is 11.4 Å². The van der Waals surface area contributed by atoms with Crippen molar-refractivity contribution < 1.29 is 4.79 Å². The first kappa shape index (κ1) is 9.19. The molecule has 0 radical (unpaired) electrons. The maximum Gasteiger partial charge on any atom is 0.148 e. The van der Waals surface area contributed by atoms with Crippen molar-refractivity contribution in [1.29, 1.82) is 0 Å². The Morgan fingerprint density at radius 1 is 1.62 bits per heavy atom. The molecule has 0 atom stereocenters. The number of rotatable bonds is 2. The SMILES string of the molecule is O=C1CCN(Cc2ccsc2Cl)C1. The number of carbonyl (C=O) groups excluding carboxylic acids is 1. The van der Waals surface area contributed by atoms with Gasteiger partial charge >= 0.3 is 0 Å². The van der Waals surface area contributed by atoms with Crippen LogP contribution in [0.1, 0.15) is 12.0 Å². The highest BCUT2D eigenvalue weighted by Crippen LogP contribution is 2.24. The van der Waals surface area contributed by atoms with Crippen LogP contribution in [0.15, 0.2) is 11.4 Å². The molecule has 2 rings (SSSR count). The van der Waals surface area contributed by atoms with Gasteiger partial charge in [0.25, 0.3) is 0 Å². The number of likely N-dealkylation sites (tertiary alicyclic amines) is 1. The van der Waals surface area contributed by atoms with Gasteiger partial charge in [-0.05, 0) is 17.0 Å². The summed E-state index contributed by atoms with van der Waals surface area (Å²) in [6.45, 7) is 2.28. The summed E-state index contributed by atoms with van der Waals surface area (Å²) < 4.78 is 0.847. The minimum absolute atomic E-state index is 0.339. The molecule has 2 nitrogen and oxygen atoms in total. The van der Waals surface area contributed by atoms with Gasteiger partial charge in [-0.2, -0.15) is 0 Å². The second-order valence-electron chi connectivity index (χ2n) is 3.22. The fourth-order valence-electron chi connectivity index (χ4n) is 1.50. The average Bonchev–Trinajstić information content (AvgIpc) is 2.64. The Morgan fingerprint density at radius 3 is 3.00 bits per heavy atom. The van der Waals surface area contributed by atoms with Crippen molar-refractivity contribution in [2.75, 3.05) is 13.1 Å². The van der Waals surface area contributed by atoms with Gasteiger partial charge in [0.2, 0.25) is 0 Å². The summed E-state index contributed by atoms with van der Waals surface area (Å²) in [7, 11) is 0. The van der Waals surface area contributed by atoms with Crippen LogP contribution in [0, 0.1) is 0 Å². The van der Waals surface area contributed by atoms with Gasteiger partial charge < -0.3 is 0 Å². The fraction of sp³-hybridized carbons (Fsp3) is 0.444. The smallest absolute Gasteiger partial charge is 0.148 e. The lowest BCUT2D eigenvalue weighted by molar-refractivity contribution is -0.116. The van der Waals surface area contributed by atoms with E-state index in [9.17, 15) is 4.79 Å². The van der Waals surface area contributed by atoms with Crippen molar-refractivity contribution in [2.24, 2.45) is 0 Å². The van der Waals surface area contributed by atoms with E-state index in [0.29, 0.717) is 18.7 Å². The first-order valence-electron chi connectivity index (χ1n) is 4.21. The molecule has 4 heteroatoms. The van der Waals surface area contributed by atoms with E-state index in [2.05, 4.69) is 4.90 Å². The van der Waals surface area contributed by atoms with Crippen molar-refractivity contribution in [3.8, 4) is 0 Å². The van der Waals surface area contributed by atoms with E-state index >= 15 is 0 Å². The molecule has 0 aliphatic carbocycles. The normalized spacial score (nSPS) is 18.4. The van der Waals surface area contributed by atoms with Gasteiger partial charge in [-0.3, -0.25) is 9.69 Å². The Balaban J connectivity index is 1.99. The molecule has 1 aliphatic rings. The molecule has 1 aromatic heterocycles. The molecule has 70 valence electrons. The largest absolute Gasteiger partial charge is 0.298 e. The summed E-state index contributed by atoms with van der Waals surface area (Å²) >= 11 is 7.50. The van der Waals surface area contributed by atoms with Crippen LogP contribution in [-0.4, -0.2) is 23.8 Å². The Labute approximate surface area is 86.1 Å². The molecule has 1 saturated heterocycles. The van der Waals surface area contributed by atoms with Crippen molar-refractivity contribution in [2.45, 2.75) is 13.0 Å². The standard InChI is InChI=1S/C9H10ClNOS/c10-9-7(2-4-13-9)5-11-3-1-8(12)6-11/h2,4H,1,3,5-6H2. The molecular weight excluding hydrogens is 206 g/mol. The topological polar surface area (TPSA) is 20.3 Å². The number of hydrogen-bond acceptors (Lipinski definition) is 3. The monoisotopic (exact) mass is 215 g/mol. The zero-order chi connectivity index (χ0) is 9.26. The summed E-state index contributed by atoms with van der Waals surface area (Å²) in [5, 5.41) is 1.98. The third-order valence-electron chi connectivity index (χ3n) is 2.19. The predicted molar refractivity (Wildman–Crippen MR) is 54.2 cm³/mol. The number of halogens is 1. The van der Waals surface area contributed by atoms with Gasteiger partial charge in [-0.15, -0.1) is 11.3 Å². The number of Topliss-reactive ketones (excluding diaryl/α,β-unsaturated/α-hetero) is 1. The van der Waals surface area contributed by atoms with E-state index < -0.39 is 0 Å². The van der Waals surface area contributed by atoms with Crippen LogP contribution in [0.5, 0.6) is 0 Å². The second kappa shape index (κ2) is 3.78. The van der Waals surface area contributed by atoms with Gasteiger partial charge in [0.1, 0.15) is 5.78 Å². The Morgan fingerprint density at radius 2 is 2.46 bits per heavy atom. The van der Waals surface area contributed by atoms with E-state index in [0.717, 1.165) is 23.0 Å². The van der Waals surface area contributed by atoms with E-state index in [-0.39, 0.29) is 0 Å². The van der Waals surface area contributed by atoms with Crippen molar-refractivity contribution >= 4 is 28.7 Å². The van der Waals surface area contributed by atoms with Crippen LogP contribution >= 0.6 is 22.9 Å². The molecule has 0 amide bonds. The van der Waals surface area contributed by atoms with Gasteiger partial charge in [0.05, 0.1) is 10.9 Å². The molecule has 1 fully saturated rings. The quantitative estimate of drug-likeness (QED) is 0.754. The first-order valence-corrected chi connectivity index (χ1v) is 5.47. The molecule has 0 saturated carbocycles. The molecular formula is C9H10ClNOS. The Kier molecular flexibility index (Phi) is 2.67. The summed E-state index contributed by atoms with van der Waals surface area (Å²) in [5.41, 5.74) is 1.14. The zero-order valence-electron chi connectivity index (χ0n) is 7.12. The fourth-order valence-corrected chi connectivity index (χ4v) is 2.41. The maximum atomic E-state index is 11.0. The molecule has 1 aliphatic heterocycles. The van der Waals surface area contributed by atoms with Crippen molar-refractivity contribution in [3.05, 3.63) is 21.3 Å². The molecule has 0 unspecified atom stereocenters. The van der Waals surface area contributed by atoms with Crippen LogP contribution in [0.2, 0.25) is 4.34 Å². The molecule has 0 N–H and O–H groups in total. The van der Waals surface area contributed by atoms with Gasteiger partial charge in [0.15, 0.2) is 0 Å². The van der Waals surface area contributed by atoms with E-state index in [4.69, 9.17) is 11.6 Å². The number of thiophene rings is 1. The molecule has 0 bridgehead atoms. The summed E-state index contributed by atoms with van der Waals surface area (Å²) in [6, 6.07) is 2.02. The number of ketones is 1. The molecule has 0 spiro atoms. The number of hydrogen-bond donors (Lipinski definition) is 0. The second-order valence-corrected chi connectivity index (χ2v) is 4.74. The van der Waals surface area contributed by atoms with Crippen LogP contribution in [0.4, 0.5) is 0 Å². The lowest BCUT2D eigenvalue weighted by atomic mass is 10.3. The summed E-state index contributed by atoms with van der Waals surface area (Å²) in [5.74, 6) is 0.339. The highest BCUT2D eigenvalue weighted by atomic mass is 35.5. The van der Waals surface area contributed by atoms with Crippen LogP contribution in [-0.2, 0) is 11.3 Å². The summed E-state index contributed by atoms with van der Waals surface area (Å²) in [6.07, 6.45) is 0.696. The minimum Gasteiger partial charge on any atom is -0.298 e. The van der Waals surface area contributed by atoms with Gasteiger partial charge in [0, 0.05) is 19.5 Å². The van der Waals surface area contributed by atoms with Gasteiger partial charge in [-0.1, -0.05) is 11.6 Å². The van der Waals surface area contributed by atoms with Crippen LogP contribution < -0.4 is 0 Å². The first-order chi connectivity index (χ1) is 6.25. The highest BCUT2D eigenvalue weighted by Gasteiger charge is 2.19. The Bertz CT molecular complexity index is 323. The van der Waals surface area contributed by atoms with Crippen LogP contribution in [0.3, 0.4) is 0 Å². The highest BCUT2D eigenvalue weighted by molar-refractivity contribution is 7.14.